The second-order valence-corrected chi connectivity index (χ2v) is 8.06. The van der Waals surface area contributed by atoms with E-state index in [4.69, 9.17) is 9.47 Å². The number of ether oxygens (including phenoxy) is 2. The molecule has 0 bridgehead atoms. The number of nitrogens with one attached hydrogen (secondary N) is 1. The summed E-state index contributed by atoms with van der Waals surface area (Å²) in [5, 5.41) is 2.70. The van der Waals surface area contributed by atoms with E-state index in [1.807, 2.05) is 24.3 Å². The van der Waals surface area contributed by atoms with Crippen molar-refractivity contribution in [3.05, 3.63) is 59.9 Å². The fourth-order valence-electron chi connectivity index (χ4n) is 4.29. The summed E-state index contributed by atoms with van der Waals surface area (Å²) in [5.74, 6) is -0.592. The van der Waals surface area contributed by atoms with Crippen LogP contribution >= 0.6 is 0 Å². The van der Waals surface area contributed by atoms with Crippen molar-refractivity contribution < 1.29 is 23.5 Å². The summed E-state index contributed by atoms with van der Waals surface area (Å²) in [6.07, 6.45) is 1.51. The lowest BCUT2D eigenvalue weighted by atomic mass is 9.90. The van der Waals surface area contributed by atoms with E-state index >= 15 is 0 Å². The minimum absolute atomic E-state index is 0.0688. The normalized spacial score (nSPS) is 23.5. The molecule has 2 atom stereocenters. The number of morpholine rings is 1. The number of carbonyl (C=O) groups excluding carboxylic acids is 2. The molecule has 0 aliphatic carbocycles. The van der Waals surface area contributed by atoms with Gasteiger partial charge in [-0.1, -0.05) is 36.4 Å². The van der Waals surface area contributed by atoms with Crippen LogP contribution in [0.5, 0.6) is 0 Å². The molecular weight excluding hydrogens is 399 g/mol. The summed E-state index contributed by atoms with van der Waals surface area (Å²) in [5.41, 5.74) is 1.63. The van der Waals surface area contributed by atoms with Gasteiger partial charge in [0.15, 0.2) is 5.60 Å². The van der Waals surface area contributed by atoms with Gasteiger partial charge < -0.3 is 19.7 Å². The average Bonchev–Trinajstić information content (AvgIpc) is 3.34. The Kier molecular flexibility index (Phi) is 6.34. The lowest BCUT2D eigenvalue weighted by Gasteiger charge is -2.42. The number of halogens is 1. The van der Waals surface area contributed by atoms with Crippen LogP contribution in [0.15, 0.2) is 48.5 Å². The molecule has 2 saturated heterocycles. The Bertz CT molecular complexity index is 926. The molecule has 31 heavy (non-hydrogen) atoms. The fraction of sp³-hybridized carbons (Fsp3) is 0.417. The number of nitrogens with zero attached hydrogens (tertiary/aromatic N) is 1. The second kappa shape index (κ2) is 9.16. The van der Waals surface area contributed by atoms with Gasteiger partial charge in [0.2, 0.25) is 0 Å². The predicted octanol–water partition coefficient (Wildman–Crippen LogP) is 2.56. The Labute approximate surface area is 181 Å². The van der Waals surface area contributed by atoms with Crippen molar-refractivity contribution in [1.82, 2.24) is 10.2 Å². The molecule has 2 amide bonds. The molecule has 0 spiro atoms. The third-order valence-corrected chi connectivity index (χ3v) is 5.96. The topological polar surface area (TPSA) is 67.9 Å². The molecule has 2 heterocycles. The van der Waals surface area contributed by atoms with E-state index in [9.17, 15) is 14.0 Å². The summed E-state index contributed by atoms with van der Waals surface area (Å²) in [4.78, 5) is 27.4. The van der Waals surface area contributed by atoms with Gasteiger partial charge in [0, 0.05) is 26.6 Å². The molecule has 6 nitrogen and oxygen atoms in total. The first-order chi connectivity index (χ1) is 15.0. The van der Waals surface area contributed by atoms with E-state index < -0.39 is 11.7 Å². The van der Waals surface area contributed by atoms with Gasteiger partial charge >= 0.3 is 0 Å². The number of hydrogen-bond acceptors (Lipinski definition) is 4. The van der Waals surface area contributed by atoms with E-state index in [-0.39, 0.29) is 24.2 Å². The summed E-state index contributed by atoms with van der Waals surface area (Å²) < 4.78 is 24.7. The van der Waals surface area contributed by atoms with Crippen molar-refractivity contribution in [2.24, 2.45) is 0 Å². The lowest BCUT2D eigenvalue weighted by Crippen LogP contribution is -2.62. The van der Waals surface area contributed by atoms with Crippen LogP contribution in [0.1, 0.15) is 18.4 Å². The van der Waals surface area contributed by atoms with Gasteiger partial charge in [0.1, 0.15) is 11.9 Å². The minimum atomic E-state index is -1.15. The molecule has 7 heteroatoms. The highest BCUT2D eigenvalue weighted by Gasteiger charge is 2.45. The van der Waals surface area contributed by atoms with Crippen molar-refractivity contribution in [1.29, 1.82) is 0 Å². The molecule has 2 aliphatic rings. The van der Waals surface area contributed by atoms with Gasteiger partial charge in [-0.25, -0.2) is 4.39 Å². The Balaban J connectivity index is 1.53. The molecule has 2 aromatic carbocycles. The highest BCUT2D eigenvalue weighted by atomic mass is 19.1. The van der Waals surface area contributed by atoms with Crippen LogP contribution in [0.3, 0.4) is 0 Å². The van der Waals surface area contributed by atoms with Crippen LogP contribution in [0.4, 0.5) is 4.39 Å². The van der Waals surface area contributed by atoms with Gasteiger partial charge in [-0.3, -0.25) is 9.59 Å². The van der Waals surface area contributed by atoms with Crippen molar-refractivity contribution in [2.45, 2.75) is 31.0 Å². The highest BCUT2D eigenvalue weighted by molar-refractivity contribution is 5.88. The van der Waals surface area contributed by atoms with Crippen molar-refractivity contribution in [2.75, 3.05) is 33.4 Å². The van der Waals surface area contributed by atoms with Crippen LogP contribution in [0.25, 0.3) is 11.1 Å². The zero-order valence-electron chi connectivity index (χ0n) is 17.6. The van der Waals surface area contributed by atoms with Gasteiger partial charge in [-0.15, -0.1) is 0 Å². The first-order valence-corrected chi connectivity index (χ1v) is 10.6. The molecule has 0 unspecified atom stereocenters. The van der Waals surface area contributed by atoms with Crippen molar-refractivity contribution >= 4 is 11.8 Å². The van der Waals surface area contributed by atoms with E-state index in [2.05, 4.69) is 5.32 Å². The van der Waals surface area contributed by atoms with Crippen LogP contribution < -0.4 is 5.32 Å². The van der Waals surface area contributed by atoms with E-state index in [1.165, 1.54) is 12.1 Å². The number of amides is 2. The Morgan fingerprint density at radius 2 is 1.77 bits per heavy atom. The van der Waals surface area contributed by atoms with Crippen molar-refractivity contribution in [3.8, 4) is 11.1 Å². The maximum absolute atomic E-state index is 13.2. The zero-order valence-corrected chi connectivity index (χ0v) is 17.6. The first kappa shape index (κ1) is 21.5. The number of carbonyl (C=O) groups is 2. The number of hydrogen-bond donors (Lipinski definition) is 1. The van der Waals surface area contributed by atoms with Gasteiger partial charge in [0.25, 0.3) is 11.8 Å². The summed E-state index contributed by atoms with van der Waals surface area (Å²) in [6, 6.07) is 14.1. The fourth-order valence-corrected chi connectivity index (χ4v) is 4.29. The Morgan fingerprint density at radius 3 is 2.39 bits per heavy atom. The molecule has 0 radical (unpaired) electrons. The lowest BCUT2D eigenvalue weighted by molar-refractivity contribution is -0.169. The zero-order chi connectivity index (χ0) is 21.8. The number of likely N-dealkylation sites (N-methyl/N-ethyl adjacent to an activating group) is 1. The molecule has 1 N–H and O–H groups in total. The largest absolute Gasteiger partial charge is 0.368 e. The number of rotatable bonds is 5. The SMILES string of the molecule is CNC(=O)[C@@]1(Cc2ccc(-c3ccc(F)cc3)cc2)CN(C(=O)[C@@H]2CCCO2)CCO1. The summed E-state index contributed by atoms with van der Waals surface area (Å²) >= 11 is 0. The third kappa shape index (κ3) is 4.62. The molecule has 2 aromatic rings. The van der Waals surface area contributed by atoms with Gasteiger partial charge in [-0.05, 0) is 41.7 Å². The average molecular weight is 426 g/mol. The smallest absolute Gasteiger partial charge is 0.254 e. The third-order valence-electron chi connectivity index (χ3n) is 5.96. The molecule has 2 aliphatic heterocycles. The second-order valence-electron chi connectivity index (χ2n) is 8.06. The van der Waals surface area contributed by atoms with Crippen LogP contribution in [-0.4, -0.2) is 61.8 Å². The monoisotopic (exact) mass is 426 g/mol. The molecule has 0 saturated carbocycles. The number of benzene rings is 2. The van der Waals surface area contributed by atoms with Crippen molar-refractivity contribution in [3.63, 3.8) is 0 Å². The molecule has 4 rings (SSSR count). The quantitative estimate of drug-likeness (QED) is 0.798. The van der Waals surface area contributed by atoms with Crippen LogP contribution in [0.2, 0.25) is 0 Å². The summed E-state index contributed by atoms with van der Waals surface area (Å²) in [7, 11) is 1.58. The summed E-state index contributed by atoms with van der Waals surface area (Å²) in [6.45, 7) is 1.52. The maximum atomic E-state index is 13.2. The molecule has 0 aromatic heterocycles. The molecule has 164 valence electrons. The highest BCUT2D eigenvalue weighted by Crippen LogP contribution is 2.27. The molecular formula is C24H27FN2O4. The Hall–Kier alpha value is -2.77. The maximum Gasteiger partial charge on any atom is 0.254 e. The minimum Gasteiger partial charge on any atom is -0.368 e. The van der Waals surface area contributed by atoms with Gasteiger partial charge in [0.05, 0.1) is 13.2 Å². The van der Waals surface area contributed by atoms with Crippen LogP contribution in [0, 0.1) is 5.82 Å². The van der Waals surface area contributed by atoms with E-state index in [0.29, 0.717) is 32.6 Å². The first-order valence-electron chi connectivity index (χ1n) is 10.6. The van der Waals surface area contributed by atoms with Gasteiger partial charge in [-0.2, -0.15) is 0 Å². The van der Waals surface area contributed by atoms with E-state index in [1.54, 1.807) is 24.1 Å². The van der Waals surface area contributed by atoms with E-state index in [0.717, 1.165) is 23.1 Å². The predicted molar refractivity (Wildman–Crippen MR) is 114 cm³/mol. The van der Waals surface area contributed by atoms with Crippen LogP contribution in [-0.2, 0) is 25.5 Å². The Morgan fingerprint density at radius 1 is 1.10 bits per heavy atom. The molecule has 2 fully saturated rings. The standard InChI is InChI=1S/C24H27FN2O4/c1-26-23(29)24(16-27(12-14-31-24)22(28)21-3-2-13-30-21)15-17-4-6-18(7-5-17)19-8-10-20(25)11-9-19/h4-11,21H,2-3,12-16H2,1H3,(H,26,29)/t21-,24+/m0/s1.